The summed E-state index contributed by atoms with van der Waals surface area (Å²) in [7, 11) is 0. The average molecular weight is 287 g/mol. The Morgan fingerprint density at radius 3 is 2.72 bits per heavy atom. The van der Waals surface area contributed by atoms with Crippen LogP contribution in [0.4, 0.5) is 0 Å². The minimum Gasteiger partial charge on any atom is -0.314 e. The van der Waals surface area contributed by atoms with Crippen LogP contribution in [0, 0.1) is 0 Å². The second-order valence-corrected chi connectivity index (χ2v) is 6.69. The molecule has 18 heavy (non-hydrogen) atoms. The van der Waals surface area contributed by atoms with Gasteiger partial charge in [-0.15, -0.1) is 11.3 Å². The van der Waals surface area contributed by atoms with E-state index in [1.54, 1.807) is 11.3 Å². The smallest absolute Gasteiger partial charge is 0.0931 e. The van der Waals surface area contributed by atoms with Gasteiger partial charge in [0.15, 0.2) is 0 Å². The molecule has 0 amide bonds. The van der Waals surface area contributed by atoms with Crippen LogP contribution in [0.15, 0.2) is 12.1 Å². The van der Waals surface area contributed by atoms with Crippen molar-refractivity contribution in [1.82, 2.24) is 10.2 Å². The monoisotopic (exact) mass is 286 g/mol. The van der Waals surface area contributed by atoms with Gasteiger partial charge in [-0.1, -0.05) is 37.8 Å². The van der Waals surface area contributed by atoms with Crippen LogP contribution in [0.1, 0.15) is 43.5 Å². The molecule has 0 bridgehead atoms. The minimum atomic E-state index is 0.580. The van der Waals surface area contributed by atoms with Crippen molar-refractivity contribution in [2.75, 3.05) is 26.2 Å². The Hall–Kier alpha value is -0.0900. The van der Waals surface area contributed by atoms with Crippen LogP contribution in [0.25, 0.3) is 0 Å². The molecule has 0 unspecified atom stereocenters. The predicted molar refractivity (Wildman–Crippen MR) is 80.7 cm³/mol. The van der Waals surface area contributed by atoms with Gasteiger partial charge in [-0.05, 0) is 18.6 Å². The van der Waals surface area contributed by atoms with Gasteiger partial charge in [0.2, 0.25) is 0 Å². The van der Waals surface area contributed by atoms with Crippen molar-refractivity contribution in [2.45, 2.75) is 38.6 Å². The van der Waals surface area contributed by atoms with E-state index in [0.717, 1.165) is 30.5 Å². The highest BCUT2D eigenvalue weighted by Crippen LogP contribution is 2.34. The van der Waals surface area contributed by atoms with Crippen LogP contribution in [0.5, 0.6) is 0 Å². The van der Waals surface area contributed by atoms with Crippen molar-refractivity contribution in [3.8, 4) is 0 Å². The Labute approximate surface area is 119 Å². The molecule has 1 atom stereocenters. The standard InChI is InChI=1S/C14H23ClN2S/c1-2-3-4-5-12(13-6-7-14(15)18-13)17-10-8-16-9-11-17/h6-7,12,16H,2-5,8-11H2,1H3/t12-/m1/s1. The minimum absolute atomic E-state index is 0.580. The first kappa shape index (κ1) is 14.3. The molecule has 2 nitrogen and oxygen atoms in total. The van der Waals surface area contributed by atoms with Crippen molar-refractivity contribution in [1.29, 1.82) is 0 Å². The molecule has 0 saturated carbocycles. The van der Waals surface area contributed by atoms with E-state index < -0.39 is 0 Å². The number of halogens is 1. The normalized spacial score (nSPS) is 19.0. The zero-order valence-corrected chi connectivity index (χ0v) is 12.7. The lowest BCUT2D eigenvalue weighted by Gasteiger charge is -2.34. The van der Waals surface area contributed by atoms with E-state index in [0.29, 0.717) is 6.04 Å². The van der Waals surface area contributed by atoms with Gasteiger partial charge >= 0.3 is 0 Å². The van der Waals surface area contributed by atoms with E-state index in [2.05, 4.69) is 23.2 Å². The molecular formula is C14H23ClN2S. The lowest BCUT2D eigenvalue weighted by Crippen LogP contribution is -2.45. The number of hydrogen-bond donors (Lipinski definition) is 1. The Kier molecular flexibility index (Phi) is 5.96. The molecular weight excluding hydrogens is 264 g/mol. The third kappa shape index (κ3) is 3.95. The highest BCUT2D eigenvalue weighted by Gasteiger charge is 2.22. The van der Waals surface area contributed by atoms with E-state index >= 15 is 0 Å². The van der Waals surface area contributed by atoms with Gasteiger partial charge in [0.1, 0.15) is 0 Å². The maximum absolute atomic E-state index is 6.09. The fourth-order valence-electron chi connectivity index (χ4n) is 2.59. The van der Waals surface area contributed by atoms with Crippen LogP contribution in [0.3, 0.4) is 0 Å². The molecule has 1 aromatic heterocycles. The summed E-state index contributed by atoms with van der Waals surface area (Å²) in [5, 5.41) is 3.43. The molecule has 0 aromatic carbocycles. The molecule has 1 aromatic rings. The number of thiophene rings is 1. The third-order valence-electron chi connectivity index (χ3n) is 3.60. The van der Waals surface area contributed by atoms with E-state index in [1.807, 2.05) is 6.07 Å². The Morgan fingerprint density at radius 2 is 2.11 bits per heavy atom. The molecule has 1 fully saturated rings. The van der Waals surface area contributed by atoms with E-state index in [1.165, 1.54) is 30.6 Å². The molecule has 4 heteroatoms. The summed E-state index contributed by atoms with van der Waals surface area (Å²) in [6.45, 7) is 6.81. The molecule has 1 N–H and O–H groups in total. The van der Waals surface area contributed by atoms with Crippen molar-refractivity contribution >= 4 is 22.9 Å². The van der Waals surface area contributed by atoms with Crippen LogP contribution in [-0.4, -0.2) is 31.1 Å². The van der Waals surface area contributed by atoms with Gasteiger partial charge < -0.3 is 5.32 Å². The van der Waals surface area contributed by atoms with Crippen molar-refractivity contribution in [3.63, 3.8) is 0 Å². The van der Waals surface area contributed by atoms with Crippen molar-refractivity contribution in [3.05, 3.63) is 21.3 Å². The molecule has 0 radical (unpaired) electrons. The summed E-state index contributed by atoms with van der Waals surface area (Å²) in [6.07, 6.45) is 5.21. The number of piperazine rings is 1. The molecule has 0 aliphatic carbocycles. The fraction of sp³-hybridized carbons (Fsp3) is 0.714. The summed E-state index contributed by atoms with van der Waals surface area (Å²) >= 11 is 7.84. The van der Waals surface area contributed by atoms with Crippen LogP contribution in [0.2, 0.25) is 4.34 Å². The lowest BCUT2D eigenvalue weighted by molar-refractivity contribution is 0.165. The van der Waals surface area contributed by atoms with E-state index in [9.17, 15) is 0 Å². The Bertz CT molecular complexity index is 347. The van der Waals surface area contributed by atoms with Crippen LogP contribution >= 0.6 is 22.9 Å². The lowest BCUT2D eigenvalue weighted by atomic mass is 10.0. The molecule has 2 rings (SSSR count). The largest absolute Gasteiger partial charge is 0.314 e. The second-order valence-electron chi connectivity index (χ2n) is 4.94. The molecule has 102 valence electrons. The topological polar surface area (TPSA) is 15.3 Å². The van der Waals surface area contributed by atoms with E-state index in [4.69, 9.17) is 11.6 Å². The van der Waals surface area contributed by atoms with Gasteiger partial charge in [0.05, 0.1) is 4.34 Å². The molecule has 1 saturated heterocycles. The first-order chi connectivity index (χ1) is 8.81. The number of rotatable bonds is 6. The molecule has 1 aliphatic rings. The first-order valence-corrected chi connectivity index (χ1v) is 8.20. The number of hydrogen-bond acceptors (Lipinski definition) is 3. The summed E-state index contributed by atoms with van der Waals surface area (Å²) in [4.78, 5) is 4.06. The van der Waals surface area contributed by atoms with Crippen molar-refractivity contribution < 1.29 is 0 Å². The number of nitrogens with zero attached hydrogens (tertiary/aromatic N) is 1. The molecule has 0 spiro atoms. The van der Waals surface area contributed by atoms with Gasteiger partial charge in [-0.25, -0.2) is 0 Å². The number of unbranched alkanes of at least 4 members (excludes halogenated alkanes) is 2. The summed E-state index contributed by atoms with van der Waals surface area (Å²) < 4.78 is 0.917. The maximum Gasteiger partial charge on any atom is 0.0931 e. The molecule has 1 aliphatic heterocycles. The summed E-state index contributed by atoms with van der Waals surface area (Å²) in [5.74, 6) is 0. The van der Waals surface area contributed by atoms with Crippen molar-refractivity contribution in [2.24, 2.45) is 0 Å². The quantitative estimate of drug-likeness (QED) is 0.797. The van der Waals surface area contributed by atoms with Gasteiger partial charge in [0.25, 0.3) is 0 Å². The fourth-order valence-corrected chi connectivity index (χ4v) is 3.82. The van der Waals surface area contributed by atoms with Gasteiger partial charge in [-0.2, -0.15) is 0 Å². The second kappa shape index (κ2) is 7.49. The van der Waals surface area contributed by atoms with Crippen LogP contribution < -0.4 is 5.32 Å². The van der Waals surface area contributed by atoms with Crippen LogP contribution in [-0.2, 0) is 0 Å². The number of nitrogens with one attached hydrogen (secondary N) is 1. The predicted octanol–water partition coefficient (Wildman–Crippen LogP) is 3.93. The van der Waals surface area contributed by atoms with Gasteiger partial charge in [0, 0.05) is 37.1 Å². The summed E-state index contributed by atoms with van der Waals surface area (Å²) in [6, 6.07) is 4.83. The summed E-state index contributed by atoms with van der Waals surface area (Å²) in [5.41, 5.74) is 0. The molecule has 2 heterocycles. The maximum atomic E-state index is 6.09. The van der Waals surface area contributed by atoms with Gasteiger partial charge in [-0.3, -0.25) is 4.90 Å². The highest BCUT2D eigenvalue weighted by molar-refractivity contribution is 7.16. The van der Waals surface area contributed by atoms with E-state index in [-0.39, 0.29) is 0 Å². The SMILES string of the molecule is CCCCC[C@H](c1ccc(Cl)s1)N1CCNCC1. The third-order valence-corrected chi connectivity index (χ3v) is 4.93. The average Bonchev–Trinajstić information content (AvgIpc) is 2.82. The first-order valence-electron chi connectivity index (χ1n) is 7.01. The highest BCUT2D eigenvalue weighted by atomic mass is 35.5. The Balaban J connectivity index is 2.01. The Morgan fingerprint density at radius 1 is 1.33 bits per heavy atom. The zero-order valence-electron chi connectivity index (χ0n) is 11.1. The zero-order chi connectivity index (χ0) is 12.8.